The molecule has 0 aliphatic heterocycles. The minimum Gasteiger partial charge on any atom is -0.317 e. The van der Waals surface area contributed by atoms with Gasteiger partial charge in [-0.2, -0.15) is 0 Å². The molecule has 2 heteroatoms. The van der Waals surface area contributed by atoms with Gasteiger partial charge >= 0.3 is 0 Å². The molecule has 0 rings (SSSR count). The van der Waals surface area contributed by atoms with Crippen LogP contribution >= 0.6 is 0 Å². The summed E-state index contributed by atoms with van der Waals surface area (Å²) < 4.78 is 0. The van der Waals surface area contributed by atoms with Crippen LogP contribution in [0.4, 0.5) is 0 Å². The van der Waals surface area contributed by atoms with Gasteiger partial charge in [-0.05, 0) is 46.6 Å². The van der Waals surface area contributed by atoms with Crippen LogP contribution in [0, 0.1) is 0 Å². The second kappa shape index (κ2) is 24.0. The quantitative estimate of drug-likeness (QED) is 0.183. The van der Waals surface area contributed by atoms with E-state index in [-0.39, 0.29) is 0 Å². The Morgan fingerprint density at radius 2 is 0.778 bits per heavy atom. The van der Waals surface area contributed by atoms with Crippen LogP contribution in [0.25, 0.3) is 0 Å². The van der Waals surface area contributed by atoms with Gasteiger partial charge in [-0.25, -0.2) is 0 Å². The molecule has 1 N–H and O–H groups in total. The van der Waals surface area contributed by atoms with Gasteiger partial charge in [0, 0.05) is 0 Å². The Morgan fingerprint density at radius 1 is 0.444 bits per heavy atom. The molecule has 0 saturated carbocycles. The Morgan fingerprint density at radius 3 is 1.15 bits per heavy atom. The fraction of sp³-hybridized carbons (Fsp3) is 1.00. The molecule has 0 atom stereocenters. The molecule has 0 saturated heterocycles. The van der Waals surface area contributed by atoms with Gasteiger partial charge in [0.15, 0.2) is 0 Å². The molecule has 0 spiro atoms. The summed E-state index contributed by atoms with van der Waals surface area (Å²) in [5.74, 6) is 0. The van der Waals surface area contributed by atoms with Gasteiger partial charge in [-0.3, -0.25) is 0 Å². The van der Waals surface area contributed by atoms with Crippen molar-refractivity contribution in [3.8, 4) is 0 Å². The first-order valence-electron chi connectivity index (χ1n) is 12.6. The van der Waals surface area contributed by atoms with E-state index in [1.54, 1.807) is 0 Å². The maximum absolute atomic E-state index is 3.57. The highest BCUT2D eigenvalue weighted by atomic mass is 15.0. The highest BCUT2D eigenvalue weighted by Crippen LogP contribution is 2.14. The predicted molar refractivity (Wildman–Crippen MR) is 125 cm³/mol. The highest BCUT2D eigenvalue weighted by Gasteiger charge is 1.95. The molecule has 0 aliphatic carbocycles. The molecule has 0 unspecified atom stereocenters. The van der Waals surface area contributed by atoms with Crippen LogP contribution in [0.3, 0.4) is 0 Å². The predicted octanol–water partition coefficient (Wildman–Crippen LogP) is 7.57. The fourth-order valence-electron chi connectivity index (χ4n) is 3.80. The van der Waals surface area contributed by atoms with Gasteiger partial charge in [-0.15, -0.1) is 0 Å². The van der Waals surface area contributed by atoms with Crippen LogP contribution < -0.4 is 5.32 Å². The number of rotatable bonds is 23. The van der Waals surface area contributed by atoms with Gasteiger partial charge in [-0.1, -0.05) is 116 Å². The van der Waals surface area contributed by atoms with E-state index in [0.717, 1.165) is 0 Å². The standard InChI is InChI=1S/C25H54N2/c1-4-5-6-7-8-9-10-11-12-13-14-15-16-17-18-19-20-21-23-26-24-22-25-27(2)3/h26H,4-25H2,1-3H3. The van der Waals surface area contributed by atoms with Crippen LogP contribution in [0.5, 0.6) is 0 Å². The minimum atomic E-state index is 1.18. The number of hydrogen-bond acceptors (Lipinski definition) is 2. The van der Waals surface area contributed by atoms with Crippen molar-refractivity contribution < 1.29 is 0 Å². The summed E-state index contributed by atoms with van der Waals surface area (Å²) >= 11 is 0. The molecule has 27 heavy (non-hydrogen) atoms. The zero-order chi connectivity index (χ0) is 19.8. The summed E-state index contributed by atoms with van der Waals surface area (Å²) in [4.78, 5) is 2.26. The smallest absolute Gasteiger partial charge is 0.00127 e. The van der Waals surface area contributed by atoms with Crippen molar-refractivity contribution in [3.63, 3.8) is 0 Å². The lowest BCUT2D eigenvalue weighted by Gasteiger charge is -2.09. The van der Waals surface area contributed by atoms with Crippen LogP contribution in [-0.2, 0) is 0 Å². The second-order valence-corrected chi connectivity index (χ2v) is 8.92. The number of nitrogens with one attached hydrogen (secondary N) is 1. The molecule has 0 amide bonds. The van der Waals surface area contributed by atoms with Crippen molar-refractivity contribution in [2.24, 2.45) is 0 Å². The summed E-state index contributed by atoms with van der Waals surface area (Å²) in [5, 5.41) is 3.57. The van der Waals surface area contributed by atoms with E-state index in [1.165, 1.54) is 142 Å². The Balaban J connectivity index is 2.97. The first-order chi connectivity index (χ1) is 13.3. The topological polar surface area (TPSA) is 15.3 Å². The van der Waals surface area contributed by atoms with Gasteiger partial charge in [0.25, 0.3) is 0 Å². The van der Waals surface area contributed by atoms with Crippen molar-refractivity contribution in [2.45, 2.75) is 129 Å². The van der Waals surface area contributed by atoms with Crippen LogP contribution in [0.15, 0.2) is 0 Å². The van der Waals surface area contributed by atoms with Crippen molar-refractivity contribution in [3.05, 3.63) is 0 Å². The average molecular weight is 383 g/mol. The lowest BCUT2D eigenvalue weighted by Crippen LogP contribution is -2.22. The highest BCUT2D eigenvalue weighted by molar-refractivity contribution is 4.53. The van der Waals surface area contributed by atoms with Gasteiger partial charge < -0.3 is 10.2 Å². The Kier molecular flexibility index (Phi) is 23.9. The van der Waals surface area contributed by atoms with E-state index < -0.39 is 0 Å². The first kappa shape index (κ1) is 26.9. The molecule has 0 radical (unpaired) electrons. The second-order valence-electron chi connectivity index (χ2n) is 8.92. The normalized spacial score (nSPS) is 11.6. The zero-order valence-corrected chi connectivity index (χ0v) is 19.5. The van der Waals surface area contributed by atoms with Crippen LogP contribution in [-0.4, -0.2) is 38.6 Å². The largest absolute Gasteiger partial charge is 0.317 e. The third-order valence-corrected chi connectivity index (χ3v) is 5.67. The monoisotopic (exact) mass is 382 g/mol. The molecular weight excluding hydrogens is 328 g/mol. The summed E-state index contributed by atoms with van der Waals surface area (Å²) in [7, 11) is 4.30. The van der Waals surface area contributed by atoms with Gasteiger partial charge in [0.1, 0.15) is 0 Å². The Bertz CT molecular complexity index is 253. The average Bonchev–Trinajstić information content (AvgIpc) is 2.65. The van der Waals surface area contributed by atoms with Crippen molar-refractivity contribution in [1.82, 2.24) is 10.2 Å². The van der Waals surface area contributed by atoms with Gasteiger partial charge in [0.2, 0.25) is 0 Å². The van der Waals surface area contributed by atoms with Crippen molar-refractivity contribution in [1.29, 1.82) is 0 Å². The summed E-state index contributed by atoms with van der Waals surface area (Å²) in [6, 6.07) is 0. The van der Waals surface area contributed by atoms with Gasteiger partial charge in [0.05, 0.1) is 0 Å². The SMILES string of the molecule is CCCCCCCCCCCCCCCCCCCCNCCCN(C)C. The van der Waals surface area contributed by atoms with E-state index in [1.807, 2.05) is 0 Å². The van der Waals surface area contributed by atoms with Crippen LogP contribution in [0.2, 0.25) is 0 Å². The van der Waals surface area contributed by atoms with E-state index in [4.69, 9.17) is 0 Å². The summed E-state index contributed by atoms with van der Waals surface area (Å²) in [5.41, 5.74) is 0. The molecule has 0 aliphatic rings. The Labute approximate surface area is 173 Å². The minimum absolute atomic E-state index is 1.18. The lowest BCUT2D eigenvalue weighted by molar-refractivity contribution is 0.393. The molecular formula is C25H54N2. The van der Waals surface area contributed by atoms with Crippen molar-refractivity contribution in [2.75, 3.05) is 33.7 Å². The molecule has 2 nitrogen and oxygen atoms in total. The summed E-state index contributed by atoms with van der Waals surface area (Å²) in [6.07, 6.45) is 27.5. The molecule has 0 aromatic rings. The molecule has 0 aromatic heterocycles. The maximum atomic E-state index is 3.57. The number of nitrogens with zero attached hydrogens (tertiary/aromatic N) is 1. The molecule has 0 heterocycles. The van der Waals surface area contributed by atoms with E-state index >= 15 is 0 Å². The number of unbranched alkanes of at least 4 members (excludes halogenated alkanes) is 17. The molecule has 164 valence electrons. The van der Waals surface area contributed by atoms with E-state index in [0.29, 0.717) is 0 Å². The third-order valence-electron chi connectivity index (χ3n) is 5.67. The molecule has 0 bridgehead atoms. The fourth-order valence-corrected chi connectivity index (χ4v) is 3.80. The van der Waals surface area contributed by atoms with Crippen LogP contribution in [0.1, 0.15) is 129 Å². The third kappa shape index (κ3) is 25.9. The van der Waals surface area contributed by atoms with E-state index in [9.17, 15) is 0 Å². The zero-order valence-electron chi connectivity index (χ0n) is 19.5. The van der Waals surface area contributed by atoms with Crippen molar-refractivity contribution >= 4 is 0 Å². The lowest BCUT2D eigenvalue weighted by atomic mass is 10.0. The first-order valence-corrected chi connectivity index (χ1v) is 12.6. The Hall–Kier alpha value is -0.0800. The maximum Gasteiger partial charge on any atom is -0.00127 e. The van der Waals surface area contributed by atoms with E-state index in [2.05, 4.69) is 31.2 Å². The molecule has 0 fully saturated rings. The molecule has 0 aromatic carbocycles. The summed E-state index contributed by atoms with van der Waals surface area (Å²) in [6.45, 7) is 5.89. The number of hydrogen-bond donors (Lipinski definition) is 1.